The van der Waals surface area contributed by atoms with Gasteiger partial charge in [-0.05, 0) is 69.7 Å². The number of hydrogen-bond acceptors (Lipinski definition) is 4. The number of guanidine groups is 1. The molecule has 1 aromatic rings. The molecular weight excluding hydrogens is 529 g/mol. The molecule has 0 aliphatic carbocycles. The van der Waals surface area contributed by atoms with Crippen molar-refractivity contribution < 1.29 is 9.53 Å². The fraction of sp³-hybridized carbons (Fsp3) is 0.680. The van der Waals surface area contributed by atoms with Crippen LogP contribution in [-0.4, -0.2) is 67.2 Å². The van der Waals surface area contributed by atoms with Gasteiger partial charge in [-0.15, -0.1) is 24.0 Å². The Balaban J connectivity index is 0.00000385. The number of benzene rings is 1. The lowest BCUT2D eigenvalue weighted by atomic mass is 9.98. The number of carbonyl (C=O) groups excluding carboxylic acids is 1. The van der Waals surface area contributed by atoms with Gasteiger partial charge in [0.25, 0.3) is 0 Å². The predicted molar refractivity (Wildman–Crippen MR) is 145 cm³/mol. The number of halogens is 1. The number of nitrogens with one attached hydrogen (secondary N) is 2. The number of amides is 1. The molecule has 3 rings (SSSR count). The smallest absolute Gasteiger partial charge is 0.409 e. The monoisotopic (exact) mass is 571 g/mol. The van der Waals surface area contributed by atoms with Crippen LogP contribution < -0.4 is 10.6 Å². The molecule has 0 radical (unpaired) electrons. The van der Waals surface area contributed by atoms with Crippen molar-refractivity contribution in [2.75, 3.05) is 39.3 Å². The standard InChI is InChI=1S/C25H41N5O2.HI/c1-4-26-24(28-23-11-15-30(16-12-23)25(31)32-5-2)27-18-21-7-6-8-22(17-21)19-29-13-9-20(3)10-14-29;/h6-8,17,20,23H,4-5,9-16,18-19H2,1-3H3,(H2,26,27,28);1H. The van der Waals surface area contributed by atoms with E-state index >= 15 is 0 Å². The van der Waals surface area contributed by atoms with Gasteiger partial charge in [-0.3, -0.25) is 4.90 Å². The fourth-order valence-electron chi connectivity index (χ4n) is 4.41. The lowest BCUT2D eigenvalue weighted by molar-refractivity contribution is 0.0963. The maximum absolute atomic E-state index is 11.9. The summed E-state index contributed by atoms with van der Waals surface area (Å²) in [6.45, 7) is 13.0. The van der Waals surface area contributed by atoms with E-state index in [1.54, 1.807) is 4.90 Å². The molecule has 2 heterocycles. The molecule has 1 amide bonds. The van der Waals surface area contributed by atoms with Gasteiger partial charge in [0.1, 0.15) is 0 Å². The second-order valence-electron chi connectivity index (χ2n) is 9.08. The lowest BCUT2D eigenvalue weighted by Crippen LogP contribution is -2.49. The summed E-state index contributed by atoms with van der Waals surface area (Å²) in [5.41, 5.74) is 2.61. The van der Waals surface area contributed by atoms with Crippen LogP contribution in [0.5, 0.6) is 0 Å². The maximum Gasteiger partial charge on any atom is 0.409 e. The third-order valence-electron chi connectivity index (χ3n) is 6.40. The summed E-state index contributed by atoms with van der Waals surface area (Å²) in [5, 5.41) is 6.92. The van der Waals surface area contributed by atoms with Crippen LogP contribution in [0.1, 0.15) is 57.6 Å². The van der Waals surface area contributed by atoms with Crippen LogP contribution in [0.15, 0.2) is 29.3 Å². The Morgan fingerprint density at radius 1 is 1.09 bits per heavy atom. The van der Waals surface area contributed by atoms with Crippen LogP contribution >= 0.6 is 24.0 Å². The minimum absolute atomic E-state index is 0. The Morgan fingerprint density at radius 2 is 1.79 bits per heavy atom. The third-order valence-corrected chi connectivity index (χ3v) is 6.40. The highest BCUT2D eigenvalue weighted by atomic mass is 127. The zero-order valence-electron chi connectivity index (χ0n) is 20.5. The summed E-state index contributed by atoms with van der Waals surface area (Å²) in [6.07, 6.45) is 4.20. The minimum Gasteiger partial charge on any atom is -0.450 e. The highest BCUT2D eigenvalue weighted by Gasteiger charge is 2.24. The Hall–Kier alpha value is -1.55. The van der Waals surface area contributed by atoms with Crippen LogP contribution in [0, 0.1) is 5.92 Å². The van der Waals surface area contributed by atoms with E-state index in [4.69, 9.17) is 9.73 Å². The molecule has 33 heavy (non-hydrogen) atoms. The van der Waals surface area contributed by atoms with Crippen molar-refractivity contribution in [2.24, 2.45) is 10.9 Å². The molecule has 1 aromatic carbocycles. The molecule has 2 saturated heterocycles. The van der Waals surface area contributed by atoms with Crippen LogP contribution in [0.25, 0.3) is 0 Å². The minimum atomic E-state index is -0.203. The number of nitrogens with zero attached hydrogens (tertiary/aromatic N) is 3. The number of rotatable bonds is 7. The Bertz CT molecular complexity index is 744. The molecule has 2 aliphatic rings. The van der Waals surface area contributed by atoms with Gasteiger partial charge in [-0.1, -0.05) is 31.2 Å². The Morgan fingerprint density at radius 3 is 2.45 bits per heavy atom. The largest absolute Gasteiger partial charge is 0.450 e. The van der Waals surface area contributed by atoms with Crippen molar-refractivity contribution in [1.29, 1.82) is 0 Å². The Kier molecular flexibility index (Phi) is 12.3. The molecule has 2 N–H and O–H groups in total. The molecule has 7 nitrogen and oxygen atoms in total. The van der Waals surface area contributed by atoms with E-state index in [1.165, 1.54) is 37.1 Å². The summed E-state index contributed by atoms with van der Waals surface area (Å²) in [5.74, 6) is 1.71. The first-order valence-electron chi connectivity index (χ1n) is 12.3. The van der Waals surface area contributed by atoms with E-state index in [2.05, 4.69) is 53.6 Å². The fourth-order valence-corrected chi connectivity index (χ4v) is 4.41. The van der Waals surface area contributed by atoms with Crippen LogP contribution in [0.2, 0.25) is 0 Å². The van der Waals surface area contributed by atoms with Gasteiger partial charge in [-0.2, -0.15) is 0 Å². The molecule has 2 fully saturated rings. The number of likely N-dealkylation sites (tertiary alicyclic amines) is 2. The van der Waals surface area contributed by atoms with E-state index in [-0.39, 0.29) is 30.1 Å². The summed E-state index contributed by atoms with van der Waals surface area (Å²) < 4.78 is 5.11. The van der Waals surface area contributed by atoms with Crippen molar-refractivity contribution in [2.45, 2.75) is 65.6 Å². The average molecular weight is 572 g/mol. The van der Waals surface area contributed by atoms with Gasteiger partial charge in [0.15, 0.2) is 5.96 Å². The second-order valence-corrected chi connectivity index (χ2v) is 9.08. The summed E-state index contributed by atoms with van der Waals surface area (Å²) in [7, 11) is 0. The molecule has 2 aliphatic heterocycles. The average Bonchev–Trinajstić information content (AvgIpc) is 2.80. The molecule has 0 spiro atoms. The van der Waals surface area contributed by atoms with Gasteiger partial charge in [0.05, 0.1) is 13.2 Å². The van der Waals surface area contributed by atoms with Gasteiger partial charge < -0.3 is 20.3 Å². The lowest BCUT2D eigenvalue weighted by Gasteiger charge is -2.32. The van der Waals surface area contributed by atoms with Crippen molar-refractivity contribution in [3.63, 3.8) is 0 Å². The van der Waals surface area contributed by atoms with Gasteiger partial charge in [0, 0.05) is 32.2 Å². The zero-order chi connectivity index (χ0) is 22.8. The molecule has 0 unspecified atom stereocenters. The molecular formula is C25H42IN5O2. The van der Waals surface area contributed by atoms with Crippen molar-refractivity contribution in [3.8, 4) is 0 Å². The summed E-state index contributed by atoms with van der Waals surface area (Å²) in [4.78, 5) is 21.1. The van der Waals surface area contributed by atoms with E-state index in [1.807, 2.05) is 6.92 Å². The molecule has 0 bridgehead atoms. The highest BCUT2D eigenvalue weighted by Crippen LogP contribution is 2.19. The normalized spacial score (nSPS) is 18.5. The first kappa shape index (κ1) is 27.7. The van der Waals surface area contributed by atoms with E-state index in [0.29, 0.717) is 32.3 Å². The quantitative estimate of drug-likeness (QED) is 0.292. The first-order chi connectivity index (χ1) is 15.6. The molecule has 186 valence electrons. The number of aliphatic imine (C=N–C) groups is 1. The van der Waals surface area contributed by atoms with Gasteiger partial charge >= 0.3 is 6.09 Å². The number of hydrogen-bond donors (Lipinski definition) is 2. The number of carbonyl (C=O) groups is 1. The highest BCUT2D eigenvalue weighted by molar-refractivity contribution is 14.0. The van der Waals surface area contributed by atoms with Crippen LogP contribution in [0.3, 0.4) is 0 Å². The summed E-state index contributed by atoms with van der Waals surface area (Å²) >= 11 is 0. The van der Waals surface area contributed by atoms with E-state index in [9.17, 15) is 4.79 Å². The van der Waals surface area contributed by atoms with Crippen LogP contribution in [-0.2, 0) is 17.8 Å². The molecule has 0 saturated carbocycles. The third kappa shape index (κ3) is 9.31. The summed E-state index contributed by atoms with van der Waals surface area (Å²) in [6, 6.07) is 9.14. The number of ether oxygens (including phenoxy) is 1. The van der Waals surface area contributed by atoms with Gasteiger partial charge in [-0.25, -0.2) is 9.79 Å². The van der Waals surface area contributed by atoms with Crippen molar-refractivity contribution in [1.82, 2.24) is 20.4 Å². The Labute approximate surface area is 216 Å². The maximum atomic E-state index is 11.9. The van der Waals surface area contributed by atoms with E-state index in [0.717, 1.165) is 37.8 Å². The topological polar surface area (TPSA) is 69.2 Å². The van der Waals surface area contributed by atoms with Gasteiger partial charge in [0.2, 0.25) is 0 Å². The van der Waals surface area contributed by atoms with Crippen molar-refractivity contribution in [3.05, 3.63) is 35.4 Å². The first-order valence-corrected chi connectivity index (χ1v) is 12.3. The molecule has 8 heteroatoms. The predicted octanol–water partition coefficient (Wildman–Crippen LogP) is 4.21. The molecule has 0 aromatic heterocycles. The SMILES string of the molecule is CCNC(=NCc1cccc(CN2CCC(C)CC2)c1)NC1CCN(C(=O)OCC)CC1.I. The number of piperidine rings is 2. The van der Waals surface area contributed by atoms with Crippen LogP contribution in [0.4, 0.5) is 4.79 Å². The molecule has 0 atom stereocenters. The van der Waals surface area contributed by atoms with E-state index < -0.39 is 0 Å². The second kappa shape index (κ2) is 14.7. The van der Waals surface area contributed by atoms with Crippen molar-refractivity contribution >= 4 is 36.0 Å². The zero-order valence-corrected chi connectivity index (χ0v) is 22.8.